The van der Waals surface area contributed by atoms with Crippen LogP contribution in [0, 0.1) is 11.8 Å². The Morgan fingerprint density at radius 1 is 0.714 bits per heavy atom. The molecule has 5 heteroatoms. The van der Waals surface area contributed by atoms with Gasteiger partial charge in [-0.05, 0) is 17.2 Å². The summed E-state index contributed by atoms with van der Waals surface area (Å²) in [6, 6.07) is 18.6. The van der Waals surface area contributed by atoms with Crippen LogP contribution in [-0.4, -0.2) is 39.5 Å². The van der Waals surface area contributed by atoms with E-state index in [0.717, 1.165) is 11.1 Å². The first-order chi connectivity index (χ1) is 13.6. The van der Waals surface area contributed by atoms with Crippen LogP contribution in [0.4, 0.5) is 0 Å². The second kappa shape index (κ2) is 6.53. The van der Waals surface area contributed by atoms with E-state index in [4.69, 9.17) is 0 Å². The lowest BCUT2D eigenvalue weighted by molar-refractivity contribution is -0.143. The van der Waals surface area contributed by atoms with E-state index in [9.17, 15) is 14.4 Å². The van der Waals surface area contributed by atoms with Gasteiger partial charge in [-0.15, -0.1) is 0 Å². The fourth-order valence-electron chi connectivity index (χ4n) is 4.85. The SMILES string of the molecule is O=C1C=C[C@H]2[C@@H]3C(=O)N(Cc4ccccc4)C(=O)C3C1N2Cc1ccccc1. The molecule has 0 aromatic heterocycles. The fourth-order valence-corrected chi connectivity index (χ4v) is 4.85. The third kappa shape index (κ3) is 2.54. The van der Waals surface area contributed by atoms with Crippen molar-refractivity contribution in [1.29, 1.82) is 0 Å². The smallest absolute Gasteiger partial charge is 0.235 e. The van der Waals surface area contributed by atoms with Gasteiger partial charge < -0.3 is 0 Å². The van der Waals surface area contributed by atoms with Crippen molar-refractivity contribution in [3.8, 4) is 0 Å². The van der Waals surface area contributed by atoms with Crippen LogP contribution in [0.2, 0.25) is 0 Å². The van der Waals surface area contributed by atoms with Crippen LogP contribution in [0.25, 0.3) is 0 Å². The van der Waals surface area contributed by atoms with E-state index in [1.54, 1.807) is 6.08 Å². The molecule has 3 heterocycles. The average molecular weight is 372 g/mol. The highest BCUT2D eigenvalue weighted by Crippen LogP contribution is 2.46. The van der Waals surface area contributed by atoms with Crippen LogP contribution in [0.3, 0.4) is 0 Å². The Balaban J connectivity index is 1.46. The van der Waals surface area contributed by atoms with E-state index in [2.05, 4.69) is 0 Å². The van der Waals surface area contributed by atoms with Gasteiger partial charge in [0, 0.05) is 12.6 Å². The van der Waals surface area contributed by atoms with Crippen LogP contribution in [0.15, 0.2) is 72.8 Å². The summed E-state index contributed by atoms with van der Waals surface area (Å²) in [6.45, 7) is 0.819. The van der Waals surface area contributed by atoms with E-state index in [0.29, 0.717) is 6.54 Å². The normalized spacial score (nSPS) is 28.9. The number of amides is 2. The van der Waals surface area contributed by atoms with Crippen molar-refractivity contribution in [2.75, 3.05) is 0 Å². The number of likely N-dealkylation sites (tertiary alicyclic amines) is 1. The number of rotatable bonds is 4. The quantitative estimate of drug-likeness (QED) is 0.772. The third-order valence-electron chi connectivity index (χ3n) is 6.08. The van der Waals surface area contributed by atoms with Crippen molar-refractivity contribution < 1.29 is 14.4 Å². The van der Waals surface area contributed by atoms with Crippen LogP contribution in [-0.2, 0) is 27.5 Å². The van der Waals surface area contributed by atoms with E-state index < -0.39 is 17.9 Å². The van der Waals surface area contributed by atoms with Crippen molar-refractivity contribution in [2.45, 2.75) is 25.2 Å². The van der Waals surface area contributed by atoms with Crippen molar-refractivity contribution in [3.63, 3.8) is 0 Å². The molecule has 4 atom stereocenters. The number of carbonyl (C=O) groups is 3. The molecule has 140 valence electrons. The highest BCUT2D eigenvalue weighted by molar-refractivity contribution is 6.11. The lowest BCUT2D eigenvalue weighted by Crippen LogP contribution is -2.48. The number of nitrogens with zero attached hydrogens (tertiary/aromatic N) is 2. The largest absolute Gasteiger partial charge is 0.293 e. The van der Waals surface area contributed by atoms with Crippen molar-refractivity contribution in [2.24, 2.45) is 11.8 Å². The van der Waals surface area contributed by atoms with Gasteiger partial charge in [0.25, 0.3) is 0 Å². The molecule has 2 amide bonds. The molecule has 5 nitrogen and oxygen atoms in total. The second-order valence-electron chi connectivity index (χ2n) is 7.65. The van der Waals surface area contributed by atoms with Crippen LogP contribution in [0.1, 0.15) is 11.1 Å². The van der Waals surface area contributed by atoms with Gasteiger partial charge in [0.2, 0.25) is 11.8 Å². The van der Waals surface area contributed by atoms with Gasteiger partial charge in [-0.25, -0.2) is 0 Å². The number of fused-ring (bicyclic) bond motifs is 5. The van der Waals surface area contributed by atoms with Crippen molar-refractivity contribution in [1.82, 2.24) is 9.80 Å². The predicted molar refractivity (Wildman–Crippen MR) is 103 cm³/mol. The number of carbonyl (C=O) groups excluding carboxylic acids is 3. The summed E-state index contributed by atoms with van der Waals surface area (Å²) in [5.74, 6) is -1.53. The Morgan fingerprint density at radius 3 is 1.93 bits per heavy atom. The van der Waals surface area contributed by atoms with Crippen LogP contribution in [0.5, 0.6) is 0 Å². The summed E-state index contributed by atoms with van der Waals surface area (Å²) in [7, 11) is 0. The van der Waals surface area contributed by atoms with E-state index in [1.807, 2.05) is 71.6 Å². The minimum absolute atomic E-state index is 0.0811. The maximum Gasteiger partial charge on any atom is 0.235 e. The van der Waals surface area contributed by atoms with Gasteiger partial charge in [-0.2, -0.15) is 0 Å². The molecular weight excluding hydrogens is 352 g/mol. The van der Waals surface area contributed by atoms with Gasteiger partial charge >= 0.3 is 0 Å². The molecular formula is C23H20N2O3. The van der Waals surface area contributed by atoms with E-state index >= 15 is 0 Å². The fraction of sp³-hybridized carbons (Fsp3) is 0.261. The first-order valence-corrected chi connectivity index (χ1v) is 9.56. The number of hydrogen-bond donors (Lipinski definition) is 0. The van der Waals surface area contributed by atoms with Gasteiger partial charge in [-0.1, -0.05) is 66.7 Å². The lowest BCUT2D eigenvalue weighted by Gasteiger charge is -2.33. The van der Waals surface area contributed by atoms with E-state index in [1.165, 1.54) is 4.90 Å². The minimum atomic E-state index is -0.590. The molecule has 0 saturated carbocycles. The Labute approximate surface area is 163 Å². The molecule has 0 spiro atoms. The second-order valence-corrected chi connectivity index (χ2v) is 7.65. The Morgan fingerprint density at radius 2 is 1.29 bits per heavy atom. The topological polar surface area (TPSA) is 57.7 Å². The molecule has 5 rings (SSSR count). The predicted octanol–water partition coefficient (Wildman–Crippen LogP) is 2.18. The summed E-state index contributed by atoms with van der Waals surface area (Å²) in [6.07, 6.45) is 3.36. The zero-order chi connectivity index (χ0) is 19.3. The average Bonchev–Trinajstić information content (AvgIpc) is 3.08. The number of benzene rings is 2. The highest BCUT2D eigenvalue weighted by Gasteiger charge is 2.63. The van der Waals surface area contributed by atoms with Gasteiger partial charge in [0.15, 0.2) is 5.78 Å². The Hall–Kier alpha value is -3.05. The van der Waals surface area contributed by atoms with Crippen molar-refractivity contribution in [3.05, 3.63) is 83.9 Å². The molecule has 2 saturated heterocycles. The molecule has 3 aliphatic heterocycles. The number of ketones is 1. The first-order valence-electron chi connectivity index (χ1n) is 9.56. The van der Waals surface area contributed by atoms with E-state index in [-0.39, 0.29) is 30.2 Å². The standard InChI is InChI=1S/C23H20N2O3/c26-18-12-11-17-19-20(21(18)24(17)13-15-7-3-1-4-8-15)23(28)25(22(19)27)14-16-9-5-2-6-10-16/h1-12,17,19-21H,13-14H2/t17-,19-,20?,21?/m0/s1. The van der Waals surface area contributed by atoms with Crippen LogP contribution >= 0.6 is 0 Å². The van der Waals surface area contributed by atoms with Gasteiger partial charge in [0.05, 0.1) is 24.4 Å². The zero-order valence-corrected chi connectivity index (χ0v) is 15.3. The molecule has 2 fully saturated rings. The monoisotopic (exact) mass is 372 g/mol. The summed E-state index contributed by atoms with van der Waals surface area (Å²) < 4.78 is 0. The Bertz CT molecular complexity index is 970. The Kier molecular flexibility index (Phi) is 3.98. The van der Waals surface area contributed by atoms with Gasteiger partial charge in [-0.3, -0.25) is 24.2 Å². The highest BCUT2D eigenvalue weighted by atomic mass is 16.2. The number of imide groups is 1. The number of hydrogen-bond acceptors (Lipinski definition) is 4. The molecule has 28 heavy (non-hydrogen) atoms. The van der Waals surface area contributed by atoms with Gasteiger partial charge in [0.1, 0.15) is 0 Å². The maximum atomic E-state index is 13.2. The molecule has 0 aliphatic carbocycles. The summed E-state index contributed by atoms with van der Waals surface area (Å²) >= 11 is 0. The van der Waals surface area contributed by atoms with Crippen molar-refractivity contribution >= 4 is 17.6 Å². The molecule has 2 aromatic carbocycles. The molecule has 0 N–H and O–H groups in total. The summed E-state index contributed by atoms with van der Waals surface area (Å²) in [5, 5.41) is 0. The van der Waals surface area contributed by atoms with Crippen LogP contribution < -0.4 is 0 Å². The minimum Gasteiger partial charge on any atom is -0.293 e. The maximum absolute atomic E-state index is 13.2. The summed E-state index contributed by atoms with van der Waals surface area (Å²) in [5.41, 5.74) is 1.99. The third-order valence-corrected chi connectivity index (χ3v) is 6.08. The summed E-state index contributed by atoms with van der Waals surface area (Å²) in [4.78, 5) is 42.4. The lowest BCUT2D eigenvalue weighted by atomic mass is 9.90. The first kappa shape index (κ1) is 17.1. The molecule has 2 unspecified atom stereocenters. The molecule has 2 bridgehead atoms. The zero-order valence-electron chi connectivity index (χ0n) is 15.3. The molecule has 0 radical (unpaired) electrons. The molecule has 3 aliphatic rings. The molecule has 2 aromatic rings.